The molecular weight excluding hydrogens is 516 g/mol. The van der Waals surface area contributed by atoms with Crippen LogP contribution in [-0.4, -0.2) is 25.0 Å². The van der Waals surface area contributed by atoms with E-state index in [1.54, 1.807) is 37.3 Å². The average molecular weight is 539 g/mol. The molecule has 0 fully saturated rings. The van der Waals surface area contributed by atoms with Gasteiger partial charge in [0.05, 0.1) is 12.5 Å². The lowest BCUT2D eigenvalue weighted by molar-refractivity contribution is -0.0181. The number of hydrogen-bond donors (Lipinski definition) is 1. The van der Waals surface area contributed by atoms with Crippen LogP contribution in [0.1, 0.15) is 29.7 Å². The molecule has 39 heavy (non-hydrogen) atoms. The summed E-state index contributed by atoms with van der Waals surface area (Å²) in [6.45, 7) is 1.50. The number of aromatic nitrogens is 4. The molecule has 0 saturated heterocycles. The Hall–Kier alpha value is -4.51. The number of halogens is 4. The van der Waals surface area contributed by atoms with Crippen LogP contribution in [0.5, 0.6) is 5.75 Å². The molecule has 0 radical (unpaired) electrons. The topological polar surface area (TPSA) is 86.2 Å². The quantitative estimate of drug-likeness (QED) is 0.240. The van der Waals surface area contributed by atoms with Gasteiger partial charge in [-0.2, -0.15) is 5.10 Å². The molecule has 200 valence electrons. The maximum absolute atomic E-state index is 14.8. The minimum absolute atomic E-state index is 0.0481. The third kappa shape index (κ3) is 5.53. The Labute approximate surface area is 220 Å². The summed E-state index contributed by atoms with van der Waals surface area (Å²) in [4.78, 5) is 3.87. The Morgan fingerprint density at radius 2 is 1.74 bits per heavy atom. The van der Waals surface area contributed by atoms with Crippen LogP contribution in [0.25, 0.3) is 11.3 Å². The number of rotatable bonds is 9. The molecule has 2 heterocycles. The van der Waals surface area contributed by atoms with Crippen LogP contribution in [-0.2, 0) is 18.8 Å². The summed E-state index contributed by atoms with van der Waals surface area (Å²) in [7, 11) is 0. The van der Waals surface area contributed by atoms with Crippen LogP contribution in [0.3, 0.4) is 0 Å². The molecule has 5 rings (SSSR count). The third-order valence-electron chi connectivity index (χ3n) is 6.48. The van der Waals surface area contributed by atoms with E-state index >= 15 is 0 Å². The highest BCUT2D eigenvalue weighted by molar-refractivity contribution is 5.60. The predicted octanol–water partition coefficient (Wildman–Crippen LogP) is 5.76. The standard InChI is InChI=1S/C28H22F4N4O3/c1-17(28(37,14-36-16-33-15-34-36)22-8-5-20(29)11-24(22)31)27-12-26(35-39-27)19-3-6-21(7-4-19)38-13-18-2-9-23(30)25(32)10-18/h2-12,15-17,37H,13-14H2,1H3/t17-,28+/m0/s1. The second-order valence-corrected chi connectivity index (χ2v) is 9.04. The van der Waals surface area contributed by atoms with Crippen molar-refractivity contribution in [1.29, 1.82) is 0 Å². The minimum Gasteiger partial charge on any atom is -0.489 e. The molecule has 0 spiro atoms. The number of ether oxygens (including phenoxy) is 1. The first-order valence-electron chi connectivity index (χ1n) is 11.9. The number of benzene rings is 3. The second-order valence-electron chi connectivity index (χ2n) is 9.04. The molecule has 11 heteroatoms. The van der Waals surface area contributed by atoms with Crippen molar-refractivity contribution < 1.29 is 31.9 Å². The fourth-order valence-electron chi connectivity index (χ4n) is 4.24. The fourth-order valence-corrected chi connectivity index (χ4v) is 4.24. The van der Waals surface area contributed by atoms with Crippen LogP contribution >= 0.6 is 0 Å². The lowest BCUT2D eigenvalue weighted by Crippen LogP contribution is -2.38. The lowest BCUT2D eigenvalue weighted by Gasteiger charge is -2.33. The number of nitrogens with zero attached hydrogens (tertiary/aromatic N) is 4. The van der Waals surface area contributed by atoms with E-state index in [0.717, 1.165) is 18.2 Å². The maximum atomic E-state index is 14.8. The lowest BCUT2D eigenvalue weighted by atomic mass is 9.80. The Morgan fingerprint density at radius 1 is 0.949 bits per heavy atom. The minimum atomic E-state index is -1.89. The summed E-state index contributed by atoms with van der Waals surface area (Å²) in [5, 5.41) is 19.9. The van der Waals surface area contributed by atoms with Crippen molar-refractivity contribution in [3.05, 3.63) is 120 Å². The molecule has 0 bridgehead atoms. The monoisotopic (exact) mass is 538 g/mol. The fraction of sp³-hybridized carbons (Fsp3) is 0.179. The molecule has 0 saturated carbocycles. The van der Waals surface area contributed by atoms with Gasteiger partial charge in [-0.1, -0.05) is 24.2 Å². The molecular formula is C28H22F4N4O3. The van der Waals surface area contributed by atoms with Crippen LogP contribution in [0.4, 0.5) is 17.6 Å². The molecule has 0 amide bonds. The van der Waals surface area contributed by atoms with Crippen molar-refractivity contribution in [2.75, 3.05) is 0 Å². The van der Waals surface area contributed by atoms with Gasteiger partial charge >= 0.3 is 0 Å². The van der Waals surface area contributed by atoms with Gasteiger partial charge in [-0.3, -0.25) is 0 Å². The zero-order chi connectivity index (χ0) is 27.6. The van der Waals surface area contributed by atoms with Gasteiger partial charge in [-0.05, 0) is 48.0 Å². The van der Waals surface area contributed by atoms with Gasteiger partial charge in [-0.25, -0.2) is 27.2 Å². The molecule has 2 atom stereocenters. The van der Waals surface area contributed by atoms with Crippen molar-refractivity contribution in [3.63, 3.8) is 0 Å². The first-order chi connectivity index (χ1) is 18.7. The Bertz CT molecular complexity index is 1570. The average Bonchev–Trinajstić information content (AvgIpc) is 3.62. The maximum Gasteiger partial charge on any atom is 0.159 e. The van der Waals surface area contributed by atoms with E-state index in [2.05, 4.69) is 15.2 Å². The van der Waals surface area contributed by atoms with Gasteiger partial charge in [0.2, 0.25) is 0 Å². The van der Waals surface area contributed by atoms with E-state index in [-0.39, 0.29) is 24.5 Å². The SMILES string of the molecule is C[C@@H](c1cc(-c2ccc(OCc3ccc(F)c(F)c3)cc2)no1)[C@](O)(Cn1cncn1)c1ccc(F)cc1F. The van der Waals surface area contributed by atoms with Crippen molar-refractivity contribution in [2.24, 2.45) is 0 Å². The van der Waals surface area contributed by atoms with Crippen molar-refractivity contribution in [1.82, 2.24) is 19.9 Å². The zero-order valence-electron chi connectivity index (χ0n) is 20.6. The summed E-state index contributed by atoms with van der Waals surface area (Å²) in [6, 6.07) is 15.0. The molecule has 0 aliphatic carbocycles. The molecule has 2 aromatic heterocycles. The summed E-state index contributed by atoms with van der Waals surface area (Å²) >= 11 is 0. The highest BCUT2D eigenvalue weighted by Crippen LogP contribution is 2.40. The summed E-state index contributed by atoms with van der Waals surface area (Å²) in [6.07, 6.45) is 2.66. The van der Waals surface area contributed by atoms with Gasteiger partial charge in [-0.15, -0.1) is 0 Å². The third-order valence-corrected chi connectivity index (χ3v) is 6.48. The van der Waals surface area contributed by atoms with Crippen LogP contribution in [0, 0.1) is 23.3 Å². The van der Waals surface area contributed by atoms with Crippen LogP contribution in [0.2, 0.25) is 0 Å². The molecule has 5 aromatic rings. The molecule has 0 aliphatic heterocycles. The highest BCUT2D eigenvalue weighted by Gasteiger charge is 2.42. The van der Waals surface area contributed by atoms with E-state index in [1.165, 1.54) is 29.5 Å². The Kier molecular flexibility index (Phi) is 7.16. The first-order valence-corrected chi connectivity index (χ1v) is 11.9. The number of aliphatic hydroxyl groups is 1. The van der Waals surface area contributed by atoms with Gasteiger partial charge in [0, 0.05) is 23.3 Å². The molecule has 1 N–H and O–H groups in total. The molecule has 0 aliphatic rings. The smallest absolute Gasteiger partial charge is 0.159 e. The molecule has 7 nitrogen and oxygen atoms in total. The van der Waals surface area contributed by atoms with E-state index in [0.29, 0.717) is 28.6 Å². The van der Waals surface area contributed by atoms with Gasteiger partial charge < -0.3 is 14.4 Å². The molecule has 3 aromatic carbocycles. The summed E-state index contributed by atoms with van der Waals surface area (Å²) in [5.74, 6) is -3.64. The first kappa shape index (κ1) is 26.1. The van der Waals surface area contributed by atoms with Crippen molar-refractivity contribution >= 4 is 0 Å². The highest BCUT2D eigenvalue weighted by atomic mass is 19.2. The van der Waals surface area contributed by atoms with E-state index in [4.69, 9.17) is 9.26 Å². The summed E-state index contributed by atoms with van der Waals surface area (Å²) < 4.78 is 67.5. The van der Waals surface area contributed by atoms with Gasteiger partial charge in [0.15, 0.2) is 11.6 Å². The second kappa shape index (κ2) is 10.7. The van der Waals surface area contributed by atoms with Gasteiger partial charge in [0.25, 0.3) is 0 Å². The van der Waals surface area contributed by atoms with E-state index < -0.39 is 34.8 Å². The van der Waals surface area contributed by atoms with Crippen molar-refractivity contribution in [3.8, 4) is 17.0 Å². The largest absolute Gasteiger partial charge is 0.489 e. The summed E-state index contributed by atoms with van der Waals surface area (Å²) in [5.41, 5.74) is -0.423. The molecule has 0 unspecified atom stereocenters. The van der Waals surface area contributed by atoms with Crippen LogP contribution < -0.4 is 4.74 Å². The van der Waals surface area contributed by atoms with E-state index in [1.807, 2.05) is 0 Å². The van der Waals surface area contributed by atoms with E-state index in [9.17, 15) is 22.7 Å². The normalized spacial score (nSPS) is 13.7. The predicted molar refractivity (Wildman–Crippen MR) is 131 cm³/mol. The van der Waals surface area contributed by atoms with Crippen molar-refractivity contribution in [2.45, 2.75) is 31.6 Å². The Morgan fingerprint density at radius 3 is 2.44 bits per heavy atom. The van der Waals surface area contributed by atoms with Crippen LogP contribution in [0.15, 0.2) is 83.9 Å². The number of hydrogen-bond acceptors (Lipinski definition) is 6. The Balaban J connectivity index is 1.35. The zero-order valence-corrected chi connectivity index (χ0v) is 20.6. The van der Waals surface area contributed by atoms with Gasteiger partial charge in [0.1, 0.15) is 53.7 Å².